The number of aliphatic imine (C=N–C) groups is 1. The summed E-state index contributed by atoms with van der Waals surface area (Å²) in [5.41, 5.74) is 0.166. The smallest absolute Gasteiger partial charge is 0.264 e. The minimum absolute atomic E-state index is 0.0416. The van der Waals surface area contributed by atoms with Crippen molar-refractivity contribution in [2.45, 2.75) is 39.5 Å². The SMILES string of the molecule is CC1(C)CC(=O)C(C=NCCN2CCN(CCCCS(=O)(=O)O)CC2)=C(O)C1. The quantitative estimate of drug-likeness (QED) is 0.334. The molecule has 1 saturated heterocycles. The Balaban J connectivity index is 1.65. The zero-order chi connectivity index (χ0) is 20.8. The summed E-state index contributed by atoms with van der Waals surface area (Å²) in [7, 11) is -3.85. The van der Waals surface area contributed by atoms with Crippen LogP contribution in [0, 0.1) is 5.41 Å². The van der Waals surface area contributed by atoms with Crippen LogP contribution in [0.3, 0.4) is 0 Å². The number of unbranched alkanes of at least 4 members (excludes halogenated alkanes) is 1. The normalized spacial score (nSPS) is 22.3. The molecule has 0 amide bonds. The molecule has 8 nitrogen and oxygen atoms in total. The highest BCUT2D eigenvalue weighted by atomic mass is 32.2. The largest absolute Gasteiger partial charge is 0.511 e. The maximum absolute atomic E-state index is 12.1. The van der Waals surface area contributed by atoms with E-state index in [4.69, 9.17) is 4.55 Å². The number of ketones is 1. The van der Waals surface area contributed by atoms with Gasteiger partial charge >= 0.3 is 0 Å². The van der Waals surface area contributed by atoms with E-state index in [9.17, 15) is 18.3 Å². The highest BCUT2D eigenvalue weighted by Crippen LogP contribution is 2.35. The second-order valence-corrected chi connectivity index (χ2v) is 10.1. The molecule has 2 aliphatic rings. The van der Waals surface area contributed by atoms with E-state index in [1.54, 1.807) is 0 Å². The number of allylic oxidation sites excluding steroid dienone is 2. The molecule has 2 rings (SSSR count). The Kier molecular flexibility index (Phi) is 8.18. The molecule has 1 fully saturated rings. The van der Waals surface area contributed by atoms with Gasteiger partial charge in [0.1, 0.15) is 5.76 Å². The number of aliphatic hydroxyl groups excluding tert-OH is 1. The maximum atomic E-state index is 12.1. The zero-order valence-electron chi connectivity index (χ0n) is 16.9. The van der Waals surface area contributed by atoms with E-state index in [1.807, 2.05) is 13.8 Å². The molecule has 2 N–H and O–H groups in total. The van der Waals surface area contributed by atoms with Crippen LogP contribution in [0.1, 0.15) is 39.5 Å². The number of rotatable bonds is 9. The van der Waals surface area contributed by atoms with Gasteiger partial charge in [-0.2, -0.15) is 8.42 Å². The van der Waals surface area contributed by atoms with E-state index in [1.165, 1.54) is 6.21 Å². The zero-order valence-corrected chi connectivity index (χ0v) is 17.7. The number of Topliss-reactive ketones (excluding diaryl/α,β-unsaturated/α-hetero) is 1. The summed E-state index contributed by atoms with van der Waals surface area (Å²) in [5, 5.41) is 10.1. The maximum Gasteiger partial charge on any atom is 0.264 e. The molecule has 0 aromatic heterocycles. The lowest BCUT2D eigenvalue weighted by Gasteiger charge is -2.34. The van der Waals surface area contributed by atoms with Crippen LogP contribution >= 0.6 is 0 Å². The van der Waals surface area contributed by atoms with Gasteiger partial charge in [0.15, 0.2) is 5.78 Å². The summed E-state index contributed by atoms with van der Waals surface area (Å²) in [6.45, 7) is 9.89. The predicted octanol–water partition coefficient (Wildman–Crippen LogP) is 1.54. The van der Waals surface area contributed by atoms with Crippen LogP contribution in [0.15, 0.2) is 16.3 Å². The van der Waals surface area contributed by atoms with Gasteiger partial charge in [0.05, 0.1) is 17.9 Å². The van der Waals surface area contributed by atoms with Gasteiger partial charge in [-0.05, 0) is 24.8 Å². The third-order valence-electron chi connectivity index (χ3n) is 5.25. The van der Waals surface area contributed by atoms with Gasteiger partial charge in [0.2, 0.25) is 0 Å². The first kappa shape index (κ1) is 23.0. The van der Waals surface area contributed by atoms with Crippen LogP contribution in [-0.2, 0) is 14.9 Å². The molecule has 1 aliphatic carbocycles. The van der Waals surface area contributed by atoms with Gasteiger partial charge < -0.3 is 10.0 Å². The summed E-state index contributed by atoms with van der Waals surface area (Å²) in [4.78, 5) is 21.1. The lowest BCUT2D eigenvalue weighted by Crippen LogP contribution is -2.47. The Morgan fingerprint density at radius 2 is 1.68 bits per heavy atom. The minimum atomic E-state index is -3.85. The van der Waals surface area contributed by atoms with E-state index in [0.717, 1.165) is 45.7 Å². The monoisotopic (exact) mass is 415 g/mol. The molecule has 1 aliphatic heterocycles. The standard InChI is InChI=1S/C19H33N3O5S/c1-19(2)13-17(23)16(18(24)14-19)15-20-5-7-22-10-8-21(9-11-22)6-3-4-12-28(25,26)27/h15,23H,3-14H2,1-2H3,(H,25,26,27). The van der Waals surface area contributed by atoms with Gasteiger partial charge in [0.25, 0.3) is 10.1 Å². The molecule has 0 spiro atoms. The highest BCUT2D eigenvalue weighted by Gasteiger charge is 2.32. The minimum Gasteiger partial charge on any atom is -0.511 e. The van der Waals surface area contributed by atoms with Crippen molar-refractivity contribution in [3.8, 4) is 0 Å². The first-order valence-corrected chi connectivity index (χ1v) is 11.5. The number of carbonyl (C=O) groups is 1. The molecule has 28 heavy (non-hydrogen) atoms. The van der Waals surface area contributed by atoms with Crippen molar-refractivity contribution >= 4 is 22.1 Å². The van der Waals surface area contributed by atoms with Crippen LogP contribution in [0.2, 0.25) is 0 Å². The summed E-state index contributed by atoms with van der Waals surface area (Å²) >= 11 is 0. The second kappa shape index (κ2) is 9.96. The predicted molar refractivity (Wildman–Crippen MR) is 110 cm³/mol. The Morgan fingerprint density at radius 1 is 1.07 bits per heavy atom. The number of piperazine rings is 1. The Bertz CT molecular complexity index is 707. The van der Waals surface area contributed by atoms with Crippen molar-refractivity contribution in [1.29, 1.82) is 0 Å². The number of carbonyl (C=O) groups excluding carboxylic acids is 1. The lowest BCUT2D eigenvalue weighted by molar-refractivity contribution is -0.117. The fourth-order valence-corrected chi connectivity index (χ4v) is 4.23. The fourth-order valence-electron chi connectivity index (χ4n) is 3.66. The first-order chi connectivity index (χ1) is 13.1. The first-order valence-electron chi connectivity index (χ1n) is 9.91. The van der Waals surface area contributed by atoms with Gasteiger partial charge in [-0.15, -0.1) is 0 Å². The van der Waals surface area contributed by atoms with Crippen LogP contribution in [0.5, 0.6) is 0 Å². The van der Waals surface area contributed by atoms with Crippen LogP contribution < -0.4 is 0 Å². The second-order valence-electron chi connectivity index (χ2n) is 8.51. The summed E-state index contributed by atoms with van der Waals surface area (Å²) in [5.74, 6) is -0.0653. The average Bonchev–Trinajstić information content (AvgIpc) is 2.57. The molecule has 0 saturated carbocycles. The molecule has 0 radical (unpaired) electrons. The van der Waals surface area contributed by atoms with Crippen LogP contribution in [-0.4, -0.2) is 91.4 Å². The van der Waals surface area contributed by atoms with Gasteiger partial charge in [-0.25, -0.2) is 0 Å². The summed E-state index contributed by atoms with van der Waals surface area (Å²) in [6, 6.07) is 0. The number of hydrogen-bond donors (Lipinski definition) is 2. The topological polar surface area (TPSA) is 111 Å². The molecule has 0 atom stereocenters. The van der Waals surface area contributed by atoms with Crippen molar-refractivity contribution < 1.29 is 22.9 Å². The molecule has 0 bridgehead atoms. The molecule has 0 aromatic carbocycles. The Morgan fingerprint density at radius 3 is 2.25 bits per heavy atom. The summed E-state index contributed by atoms with van der Waals surface area (Å²) in [6.07, 6.45) is 3.70. The summed E-state index contributed by atoms with van der Waals surface area (Å²) < 4.78 is 30.1. The molecule has 9 heteroatoms. The Hall–Kier alpha value is -1.29. The Labute approximate surface area is 168 Å². The number of hydrogen-bond acceptors (Lipinski definition) is 7. The van der Waals surface area contributed by atoms with Gasteiger partial charge in [-0.1, -0.05) is 13.8 Å². The number of aliphatic hydroxyl groups is 1. The van der Waals surface area contributed by atoms with E-state index < -0.39 is 10.1 Å². The van der Waals surface area contributed by atoms with Crippen LogP contribution in [0.4, 0.5) is 0 Å². The lowest BCUT2D eigenvalue weighted by atomic mass is 9.77. The molecular formula is C19H33N3O5S. The average molecular weight is 416 g/mol. The highest BCUT2D eigenvalue weighted by molar-refractivity contribution is 7.85. The van der Waals surface area contributed by atoms with E-state index in [0.29, 0.717) is 31.4 Å². The third kappa shape index (κ3) is 7.98. The van der Waals surface area contributed by atoms with E-state index >= 15 is 0 Å². The van der Waals surface area contributed by atoms with Gasteiger partial charge in [-0.3, -0.25) is 19.2 Å². The van der Waals surface area contributed by atoms with Crippen molar-refractivity contribution in [2.75, 3.05) is 51.6 Å². The van der Waals surface area contributed by atoms with Crippen molar-refractivity contribution in [3.63, 3.8) is 0 Å². The molecule has 0 aromatic rings. The van der Waals surface area contributed by atoms with E-state index in [-0.39, 0.29) is 22.7 Å². The van der Waals surface area contributed by atoms with Crippen LogP contribution in [0.25, 0.3) is 0 Å². The fraction of sp³-hybridized carbons (Fsp3) is 0.789. The van der Waals surface area contributed by atoms with Gasteiger partial charge in [0, 0.05) is 51.8 Å². The molecule has 1 heterocycles. The van der Waals surface area contributed by atoms with Crippen molar-refractivity contribution in [2.24, 2.45) is 10.4 Å². The molecule has 160 valence electrons. The van der Waals surface area contributed by atoms with E-state index in [2.05, 4.69) is 14.8 Å². The third-order valence-corrected chi connectivity index (χ3v) is 6.06. The van der Waals surface area contributed by atoms with Crippen molar-refractivity contribution in [1.82, 2.24) is 9.80 Å². The van der Waals surface area contributed by atoms with Crippen molar-refractivity contribution in [3.05, 3.63) is 11.3 Å². The molecular weight excluding hydrogens is 382 g/mol. The molecule has 0 unspecified atom stereocenters. The number of nitrogens with zero attached hydrogens (tertiary/aromatic N) is 3.